The third-order valence-electron chi connectivity index (χ3n) is 5.29. The summed E-state index contributed by atoms with van der Waals surface area (Å²) in [6.07, 6.45) is 0.900. The van der Waals surface area contributed by atoms with E-state index in [0.29, 0.717) is 17.9 Å². The molecule has 1 N–H and O–H groups in total. The molecule has 3 aromatic rings. The molecule has 164 valence electrons. The smallest absolute Gasteiger partial charge is 0.251 e. The van der Waals surface area contributed by atoms with E-state index in [0.717, 1.165) is 34.7 Å². The number of amides is 1. The zero-order chi connectivity index (χ0) is 22.7. The Morgan fingerprint density at radius 1 is 1.16 bits per heavy atom. The van der Waals surface area contributed by atoms with Crippen molar-refractivity contribution in [2.45, 2.75) is 45.9 Å². The molecule has 1 aliphatic heterocycles. The molecule has 0 aliphatic carbocycles. The van der Waals surface area contributed by atoms with Gasteiger partial charge in [0.1, 0.15) is 11.4 Å². The number of fused-ring (bicyclic) bond motifs is 1. The molecule has 1 amide bonds. The predicted molar refractivity (Wildman–Crippen MR) is 123 cm³/mol. The molecule has 6 heteroatoms. The van der Waals surface area contributed by atoms with Crippen LogP contribution in [0.1, 0.15) is 53.6 Å². The van der Waals surface area contributed by atoms with Crippen molar-refractivity contribution in [1.29, 1.82) is 0 Å². The lowest BCUT2D eigenvalue weighted by Crippen LogP contribution is -2.29. The Bertz CT molecular complexity index is 1170. The summed E-state index contributed by atoms with van der Waals surface area (Å²) < 4.78 is 13.1. The van der Waals surface area contributed by atoms with Gasteiger partial charge >= 0.3 is 0 Å². The number of methoxy groups -OCH3 is 1. The van der Waals surface area contributed by atoms with Crippen molar-refractivity contribution in [1.82, 2.24) is 15.1 Å². The summed E-state index contributed by atoms with van der Waals surface area (Å²) in [6.45, 7) is 6.43. The monoisotopic (exact) mass is 429 g/mol. The average Bonchev–Trinajstić information content (AvgIpc) is 3.15. The minimum Gasteiger partial charge on any atom is -0.497 e. The molecular formula is C26H27N3O3. The second-order valence-corrected chi connectivity index (χ2v) is 8.16. The average molecular weight is 430 g/mol. The fraction of sp³-hybridized carbons (Fsp3) is 0.308. The normalized spacial score (nSPS) is 15.0. The van der Waals surface area contributed by atoms with E-state index in [2.05, 4.69) is 24.1 Å². The van der Waals surface area contributed by atoms with E-state index in [4.69, 9.17) is 14.6 Å². The lowest BCUT2D eigenvalue weighted by Gasteiger charge is -2.20. The summed E-state index contributed by atoms with van der Waals surface area (Å²) in [5.74, 6) is 7.11. The molecule has 0 bridgehead atoms. The number of aromatic nitrogens is 2. The first kappa shape index (κ1) is 21.7. The summed E-state index contributed by atoms with van der Waals surface area (Å²) in [7, 11) is 1.65. The highest BCUT2D eigenvalue weighted by molar-refractivity contribution is 5.94. The second kappa shape index (κ2) is 9.29. The van der Waals surface area contributed by atoms with Crippen LogP contribution in [-0.2, 0) is 17.8 Å². The molecule has 1 aliphatic rings. The summed E-state index contributed by atoms with van der Waals surface area (Å²) in [4.78, 5) is 12.1. The molecule has 0 unspecified atom stereocenters. The van der Waals surface area contributed by atoms with E-state index in [1.807, 2.05) is 54.9 Å². The third-order valence-corrected chi connectivity index (χ3v) is 5.29. The van der Waals surface area contributed by atoms with E-state index in [1.54, 1.807) is 19.2 Å². The van der Waals surface area contributed by atoms with Crippen LogP contribution in [0.25, 0.3) is 5.69 Å². The van der Waals surface area contributed by atoms with E-state index in [-0.39, 0.29) is 18.1 Å². The molecule has 4 rings (SSSR count). The van der Waals surface area contributed by atoms with E-state index in [9.17, 15) is 4.79 Å². The molecule has 0 fully saturated rings. The fourth-order valence-electron chi connectivity index (χ4n) is 3.62. The Morgan fingerprint density at radius 2 is 1.88 bits per heavy atom. The molecule has 1 atom stereocenters. The van der Waals surface area contributed by atoms with E-state index in [1.165, 1.54) is 0 Å². The van der Waals surface area contributed by atoms with Crippen LogP contribution in [0.5, 0.6) is 5.75 Å². The van der Waals surface area contributed by atoms with Crippen molar-refractivity contribution >= 4 is 5.91 Å². The fourth-order valence-corrected chi connectivity index (χ4v) is 3.62. The maximum absolute atomic E-state index is 12.1. The van der Waals surface area contributed by atoms with Crippen LogP contribution in [0, 0.1) is 11.8 Å². The highest BCUT2D eigenvalue weighted by Gasteiger charge is 2.25. The largest absolute Gasteiger partial charge is 0.497 e. The summed E-state index contributed by atoms with van der Waals surface area (Å²) >= 11 is 0. The molecule has 0 saturated carbocycles. The molecular weight excluding hydrogens is 402 g/mol. The number of nitrogens with zero attached hydrogens (tertiary/aromatic N) is 2. The summed E-state index contributed by atoms with van der Waals surface area (Å²) in [5, 5.41) is 7.69. The molecule has 2 heterocycles. The maximum Gasteiger partial charge on any atom is 0.251 e. The highest BCUT2D eigenvalue weighted by Crippen LogP contribution is 2.27. The number of nitrogens with one attached hydrogen (secondary N) is 1. The lowest BCUT2D eigenvalue weighted by atomic mass is 10.0. The Morgan fingerprint density at radius 3 is 2.53 bits per heavy atom. The van der Waals surface area contributed by atoms with Gasteiger partial charge < -0.3 is 14.8 Å². The number of hydrogen-bond donors (Lipinski definition) is 1. The second-order valence-electron chi connectivity index (χ2n) is 8.16. The number of rotatable bonds is 4. The lowest BCUT2D eigenvalue weighted by molar-refractivity contribution is 0.0397. The Labute approximate surface area is 188 Å². The van der Waals surface area contributed by atoms with Gasteiger partial charge in [-0.15, -0.1) is 0 Å². The number of hydrogen-bond acceptors (Lipinski definition) is 4. The zero-order valence-electron chi connectivity index (χ0n) is 18.8. The Balaban J connectivity index is 1.64. The van der Waals surface area contributed by atoms with Crippen molar-refractivity contribution in [2.24, 2.45) is 0 Å². The SMILES string of the molecule is COc1ccc(-n2nc(C#Cc3ccc(C(=O)NC(C)C)cc3)c3c2C[C@H](C)OC3)cc1. The standard InChI is InChI=1S/C26H27N3O3/c1-17(2)27-26(30)20-8-5-19(6-9-20)7-14-24-23-16-32-18(3)15-25(23)29(28-24)21-10-12-22(31-4)13-11-21/h5-6,8-13,17-18H,15-16H2,1-4H3,(H,27,30)/t18-/m0/s1. The molecule has 6 nitrogen and oxygen atoms in total. The van der Waals surface area contributed by atoms with Gasteiger partial charge in [0.05, 0.1) is 31.2 Å². The summed E-state index contributed by atoms with van der Waals surface area (Å²) in [6, 6.07) is 15.2. The van der Waals surface area contributed by atoms with Crippen LogP contribution in [-0.4, -0.2) is 34.9 Å². The van der Waals surface area contributed by atoms with Gasteiger partial charge in [-0.1, -0.05) is 5.92 Å². The topological polar surface area (TPSA) is 65.4 Å². The van der Waals surface area contributed by atoms with Crippen LogP contribution in [0.4, 0.5) is 0 Å². The van der Waals surface area contributed by atoms with Crippen molar-refractivity contribution in [2.75, 3.05) is 7.11 Å². The van der Waals surface area contributed by atoms with Crippen molar-refractivity contribution in [3.05, 3.63) is 76.6 Å². The minimum absolute atomic E-state index is 0.0851. The molecule has 0 saturated heterocycles. The van der Waals surface area contributed by atoms with Crippen LogP contribution in [0.3, 0.4) is 0 Å². The van der Waals surface area contributed by atoms with Gasteiger partial charge in [-0.05, 0) is 75.2 Å². The molecule has 0 radical (unpaired) electrons. The quantitative estimate of drug-likeness (QED) is 0.640. The van der Waals surface area contributed by atoms with Gasteiger partial charge in [0.2, 0.25) is 0 Å². The van der Waals surface area contributed by atoms with Gasteiger partial charge in [-0.2, -0.15) is 5.10 Å². The predicted octanol–water partition coefficient (Wildman–Crippen LogP) is 3.88. The first-order chi connectivity index (χ1) is 15.4. The third kappa shape index (κ3) is 4.68. The Kier molecular flexibility index (Phi) is 6.29. The van der Waals surface area contributed by atoms with Gasteiger partial charge in [0.15, 0.2) is 0 Å². The van der Waals surface area contributed by atoms with Crippen LogP contribution < -0.4 is 10.1 Å². The zero-order valence-corrected chi connectivity index (χ0v) is 18.8. The highest BCUT2D eigenvalue weighted by atomic mass is 16.5. The van der Waals surface area contributed by atoms with Gasteiger partial charge in [-0.3, -0.25) is 4.79 Å². The molecule has 2 aromatic carbocycles. The molecule has 0 spiro atoms. The Hall–Kier alpha value is -3.56. The van der Waals surface area contributed by atoms with Gasteiger partial charge in [-0.25, -0.2) is 4.68 Å². The van der Waals surface area contributed by atoms with E-state index >= 15 is 0 Å². The van der Waals surface area contributed by atoms with Gasteiger partial charge in [0.25, 0.3) is 5.91 Å². The maximum atomic E-state index is 12.1. The van der Waals surface area contributed by atoms with Gasteiger partial charge in [0, 0.05) is 29.2 Å². The first-order valence-corrected chi connectivity index (χ1v) is 10.7. The number of benzene rings is 2. The van der Waals surface area contributed by atoms with Crippen LogP contribution in [0.15, 0.2) is 48.5 Å². The number of carbonyl (C=O) groups is 1. The van der Waals surface area contributed by atoms with E-state index < -0.39 is 0 Å². The summed E-state index contributed by atoms with van der Waals surface area (Å²) in [5.41, 5.74) is 5.27. The first-order valence-electron chi connectivity index (χ1n) is 10.7. The van der Waals surface area contributed by atoms with Crippen molar-refractivity contribution < 1.29 is 14.3 Å². The minimum atomic E-state index is -0.0851. The molecule has 1 aromatic heterocycles. The number of carbonyl (C=O) groups excluding carboxylic acids is 1. The number of ether oxygens (including phenoxy) is 2. The van der Waals surface area contributed by atoms with Crippen molar-refractivity contribution in [3.63, 3.8) is 0 Å². The van der Waals surface area contributed by atoms with Crippen LogP contribution >= 0.6 is 0 Å². The molecule has 32 heavy (non-hydrogen) atoms. The van der Waals surface area contributed by atoms with Crippen LogP contribution in [0.2, 0.25) is 0 Å². The van der Waals surface area contributed by atoms with Crippen molar-refractivity contribution in [3.8, 4) is 23.3 Å².